The molecule has 2 aromatic rings. The van der Waals surface area contributed by atoms with Gasteiger partial charge in [-0.3, -0.25) is 4.90 Å². The lowest BCUT2D eigenvalue weighted by molar-refractivity contribution is 0.137. The Bertz CT molecular complexity index is 700. The fourth-order valence-corrected chi connectivity index (χ4v) is 3.39. The van der Waals surface area contributed by atoms with Crippen LogP contribution in [-0.2, 0) is 13.0 Å². The molecule has 3 rings (SSSR count). The van der Waals surface area contributed by atoms with Crippen molar-refractivity contribution in [3.63, 3.8) is 0 Å². The van der Waals surface area contributed by atoms with Crippen molar-refractivity contribution in [3.8, 4) is 11.5 Å². The van der Waals surface area contributed by atoms with Crippen LogP contribution in [-0.4, -0.2) is 48.1 Å². The number of ether oxygens (including phenoxy) is 2. The van der Waals surface area contributed by atoms with E-state index in [4.69, 9.17) is 14.0 Å². The second kappa shape index (κ2) is 7.89. The molecule has 25 heavy (non-hydrogen) atoms. The summed E-state index contributed by atoms with van der Waals surface area (Å²) in [4.78, 5) is 2.26. The van der Waals surface area contributed by atoms with E-state index in [1.165, 1.54) is 0 Å². The Kier molecular flexibility index (Phi) is 5.60. The molecule has 0 aliphatic carbocycles. The van der Waals surface area contributed by atoms with Crippen molar-refractivity contribution in [1.82, 2.24) is 10.1 Å². The standard InChI is InChI=1S/C19H26N2O4/c1-4-24-18-6-5-14(8-19(18)23-3)10-21-11-15(17(22)12-21)9-16-7-13(2)20-25-16/h5-8,15,17,22H,4,9-12H2,1-3H3/t15-,17+/m1/s1. The minimum atomic E-state index is -0.352. The van der Waals surface area contributed by atoms with Crippen LogP contribution in [0.15, 0.2) is 28.8 Å². The van der Waals surface area contributed by atoms with E-state index < -0.39 is 0 Å². The normalized spacial score (nSPS) is 20.8. The number of nitrogens with zero attached hydrogens (tertiary/aromatic N) is 2. The maximum atomic E-state index is 10.4. The van der Waals surface area contributed by atoms with Crippen LogP contribution in [0.5, 0.6) is 11.5 Å². The predicted molar refractivity (Wildman–Crippen MR) is 93.9 cm³/mol. The first-order valence-electron chi connectivity index (χ1n) is 8.71. The van der Waals surface area contributed by atoms with Crippen molar-refractivity contribution in [2.45, 2.75) is 32.9 Å². The van der Waals surface area contributed by atoms with Gasteiger partial charge < -0.3 is 19.1 Å². The molecule has 1 saturated heterocycles. The quantitative estimate of drug-likeness (QED) is 0.830. The predicted octanol–water partition coefficient (Wildman–Crippen LogP) is 2.43. The fraction of sp³-hybridized carbons (Fsp3) is 0.526. The molecule has 1 aliphatic rings. The maximum Gasteiger partial charge on any atom is 0.161 e. The van der Waals surface area contributed by atoms with Crippen LogP contribution in [0.3, 0.4) is 0 Å². The lowest BCUT2D eigenvalue weighted by atomic mass is 10.0. The van der Waals surface area contributed by atoms with E-state index in [0.29, 0.717) is 19.6 Å². The molecule has 0 radical (unpaired) electrons. The zero-order valence-electron chi connectivity index (χ0n) is 15.1. The molecule has 1 aromatic carbocycles. The van der Waals surface area contributed by atoms with Crippen molar-refractivity contribution in [2.24, 2.45) is 5.92 Å². The Hall–Kier alpha value is -2.05. The molecule has 0 amide bonds. The minimum absolute atomic E-state index is 0.164. The average Bonchev–Trinajstić information content (AvgIpc) is 3.15. The van der Waals surface area contributed by atoms with Gasteiger partial charge >= 0.3 is 0 Å². The summed E-state index contributed by atoms with van der Waals surface area (Å²) >= 11 is 0. The van der Waals surface area contributed by atoms with Crippen molar-refractivity contribution in [3.05, 3.63) is 41.3 Å². The molecule has 1 aromatic heterocycles. The zero-order valence-corrected chi connectivity index (χ0v) is 15.1. The molecule has 0 bridgehead atoms. The first kappa shape index (κ1) is 17.8. The third-order valence-corrected chi connectivity index (χ3v) is 4.56. The number of hydrogen-bond acceptors (Lipinski definition) is 6. The van der Waals surface area contributed by atoms with E-state index in [1.54, 1.807) is 7.11 Å². The highest BCUT2D eigenvalue weighted by atomic mass is 16.5. The Morgan fingerprint density at radius 2 is 2.12 bits per heavy atom. The molecule has 0 unspecified atom stereocenters. The van der Waals surface area contributed by atoms with Crippen molar-refractivity contribution < 1.29 is 19.1 Å². The average molecular weight is 346 g/mol. The SMILES string of the molecule is CCOc1ccc(CN2C[C@@H](Cc3cc(C)no3)[C@@H](O)C2)cc1OC. The van der Waals surface area contributed by atoms with Gasteiger partial charge in [0.2, 0.25) is 0 Å². The Morgan fingerprint density at radius 3 is 2.80 bits per heavy atom. The third-order valence-electron chi connectivity index (χ3n) is 4.56. The Morgan fingerprint density at radius 1 is 1.28 bits per heavy atom. The number of rotatable bonds is 7. The maximum absolute atomic E-state index is 10.4. The van der Waals surface area contributed by atoms with Crippen LogP contribution < -0.4 is 9.47 Å². The van der Waals surface area contributed by atoms with E-state index in [9.17, 15) is 5.11 Å². The summed E-state index contributed by atoms with van der Waals surface area (Å²) in [6.07, 6.45) is 0.362. The number of aromatic nitrogens is 1. The van der Waals surface area contributed by atoms with Crippen LogP contribution in [0.4, 0.5) is 0 Å². The summed E-state index contributed by atoms with van der Waals surface area (Å²) in [5.74, 6) is 2.50. The third kappa shape index (κ3) is 4.32. The molecule has 6 heteroatoms. The smallest absolute Gasteiger partial charge is 0.161 e. The number of aliphatic hydroxyl groups is 1. The number of aliphatic hydroxyl groups excluding tert-OH is 1. The summed E-state index contributed by atoms with van der Waals surface area (Å²) in [6, 6.07) is 7.93. The number of methoxy groups -OCH3 is 1. The lowest BCUT2D eigenvalue weighted by Gasteiger charge is -2.17. The van der Waals surface area contributed by atoms with Gasteiger partial charge in [-0.25, -0.2) is 0 Å². The molecule has 0 saturated carbocycles. The molecule has 6 nitrogen and oxygen atoms in total. The number of hydrogen-bond donors (Lipinski definition) is 1. The monoisotopic (exact) mass is 346 g/mol. The van der Waals surface area contributed by atoms with E-state index in [2.05, 4.69) is 10.1 Å². The minimum Gasteiger partial charge on any atom is -0.493 e. The molecule has 1 fully saturated rings. The van der Waals surface area contributed by atoms with Gasteiger partial charge in [0.05, 0.1) is 25.5 Å². The summed E-state index contributed by atoms with van der Waals surface area (Å²) in [7, 11) is 1.65. The molecule has 1 N–H and O–H groups in total. The van der Waals surface area contributed by atoms with Crippen LogP contribution >= 0.6 is 0 Å². The molecule has 2 atom stereocenters. The van der Waals surface area contributed by atoms with Crippen molar-refractivity contribution in [2.75, 3.05) is 26.8 Å². The Balaban J connectivity index is 1.62. The molecule has 2 heterocycles. The zero-order chi connectivity index (χ0) is 17.8. The first-order valence-corrected chi connectivity index (χ1v) is 8.71. The molecule has 136 valence electrons. The highest BCUT2D eigenvalue weighted by Crippen LogP contribution is 2.30. The van der Waals surface area contributed by atoms with Gasteiger partial charge in [-0.15, -0.1) is 0 Å². The summed E-state index contributed by atoms with van der Waals surface area (Å²) in [6.45, 7) is 6.73. The van der Waals surface area contributed by atoms with E-state index in [0.717, 1.165) is 41.6 Å². The summed E-state index contributed by atoms with van der Waals surface area (Å²) < 4.78 is 16.3. The van der Waals surface area contributed by atoms with E-state index >= 15 is 0 Å². The van der Waals surface area contributed by atoms with Crippen LogP contribution in [0.2, 0.25) is 0 Å². The van der Waals surface area contributed by atoms with Gasteiger partial charge in [-0.1, -0.05) is 11.2 Å². The fourth-order valence-electron chi connectivity index (χ4n) is 3.39. The second-order valence-electron chi connectivity index (χ2n) is 6.58. The van der Waals surface area contributed by atoms with Crippen LogP contribution in [0.1, 0.15) is 23.9 Å². The molecule has 0 spiro atoms. The summed E-state index contributed by atoms with van der Waals surface area (Å²) in [5.41, 5.74) is 2.02. The van der Waals surface area contributed by atoms with Crippen molar-refractivity contribution in [1.29, 1.82) is 0 Å². The van der Waals surface area contributed by atoms with Crippen LogP contribution in [0, 0.1) is 12.8 Å². The number of β-amino-alcohol motifs (C(OH)–C–C–N with tert-alkyl or cyclic N) is 1. The number of aryl methyl sites for hydroxylation is 1. The Labute approximate surface area is 148 Å². The van der Waals surface area contributed by atoms with Gasteiger partial charge in [-0.05, 0) is 31.5 Å². The largest absolute Gasteiger partial charge is 0.493 e. The highest BCUT2D eigenvalue weighted by molar-refractivity contribution is 5.43. The van der Waals surface area contributed by atoms with Gasteiger partial charge in [0, 0.05) is 38.0 Å². The number of benzene rings is 1. The molecule has 1 aliphatic heterocycles. The van der Waals surface area contributed by atoms with Crippen LogP contribution in [0.25, 0.3) is 0 Å². The highest BCUT2D eigenvalue weighted by Gasteiger charge is 2.32. The number of likely N-dealkylation sites (tertiary alicyclic amines) is 1. The van der Waals surface area contributed by atoms with E-state index in [-0.39, 0.29) is 12.0 Å². The van der Waals surface area contributed by atoms with Gasteiger partial charge in [0.15, 0.2) is 11.5 Å². The first-order chi connectivity index (χ1) is 12.1. The topological polar surface area (TPSA) is 68.0 Å². The molecular formula is C19H26N2O4. The molecular weight excluding hydrogens is 320 g/mol. The van der Waals surface area contributed by atoms with Crippen molar-refractivity contribution >= 4 is 0 Å². The van der Waals surface area contributed by atoms with Gasteiger partial charge in [0.25, 0.3) is 0 Å². The van der Waals surface area contributed by atoms with Gasteiger partial charge in [-0.2, -0.15) is 0 Å². The summed E-state index contributed by atoms with van der Waals surface area (Å²) in [5, 5.41) is 14.3. The van der Waals surface area contributed by atoms with E-state index in [1.807, 2.05) is 38.1 Å². The second-order valence-corrected chi connectivity index (χ2v) is 6.58. The van der Waals surface area contributed by atoms with Gasteiger partial charge in [0.1, 0.15) is 5.76 Å². The lowest BCUT2D eigenvalue weighted by Crippen LogP contribution is -2.21.